The smallest absolute Gasteiger partial charge is 0.0976 e. The maximum absolute atomic E-state index is 12.9. The fourth-order valence-electron chi connectivity index (χ4n) is 3.18. The summed E-state index contributed by atoms with van der Waals surface area (Å²) in [5, 5.41) is 12.4. The van der Waals surface area contributed by atoms with Crippen LogP contribution >= 0.6 is 0 Å². The van der Waals surface area contributed by atoms with Gasteiger partial charge in [0.2, 0.25) is 0 Å². The maximum atomic E-state index is 12.9. The van der Waals surface area contributed by atoms with Gasteiger partial charge in [0.05, 0.1) is 27.8 Å². The van der Waals surface area contributed by atoms with Crippen LogP contribution in [0.3, 0.4) is 0 Å². The van der Waals surface area contributed by atoms with E-state index in [1.807, 2.05) is 58.0 Å². The maximum Gasteiger partial charge on any atom is 0.0976 e. The molecule has 0 heterocycles. The predicted octanol–water partition coefficient (Wildman–Crippen LogP) is 5.00. The Morgan fingerprint density at radius 1 is 1.04 bits per heavy atom. The fraction of sp³-hybridized carbons (Fsp3) is 0.478. The molecule has 5 heteroatoms. The third-order valence-corrected chi connectivity index (χ3v) is 6.36. The molecule has 3 atom stereocenters. The van der Waals surface area contributed by atoms with Crippen LogP contribution in [0.15, 0.2) is 54.6 Å². The molecule has 0 bridgehead atoms. The van der Waals surface area contributed by atoms with Gasteiger partial charge in [-0.3, -0.25) is 0 Å². The van der Waals surface area contributed by atoms with Gasteiger partial charge in [-0.25, -0.2) is 8.93 Å². The number of nitrogens with zero attached hydrogens (tertiary/aromatic N) is 1. The SMILES string of the molecule is Cc1ccc([C@@H](N[S@](=O)C(C)(C)C)[C@@H](C(C)C)N(O)Cc2ccccc2)cc1. The Hall–Kier alpha value is -1.53. The van der Waals surface area contributed by atoms with Gasteiger partial charge in [0.15, 0.2) is 0 Å². The second-order valence-corrected chi connectivity index (χ2v) is 10.7. The molecule has 2 N–H and O–H groups in total. The van der Waals surface area contributed by atoms with Crippen molar-refractivity contribution >= 4 is 11.0 Å². The summed E-state index contributed by atoms with van der Waals surface area (Å²) in [6.45, 7) is 12.5. The number of nitrogens with one attached hydrogen (secondary N) is 1. The average Bonchev–Trinajstić information content (AvgIpc) is 2.61. The standard InChI is InChI=1S/C23H34N2O2S/c1-17(2)22(25(26)16-19-10-8-7-9-11-19)21(24-28(27)23(4,5)6)20-14-12-18(3)13-15-20/h7-15,17,21-22,24,26H,16H2,1-6H3/t21-,22-,28-/m1/s1. The van der Waals surface area contributed by atoms with Crippen LogP contribution in [0, 0.1) is 12.8 Å². The largest absolute Gasteiger partial charge is 0.313 e. The van der Waals surface area contributed by atoms with Crippen LogP contribution in [0.4, 0.5) is 0 Å². The first-order valence-corrected chi connectivity index (χ1v) is 11.0. The number of hydroxylamine groups is 2. The molecule has 0 aliphatic rings. The van der Waals surface area contributed by atoms with Gasteiger partial charge in [-0.15, -0.1) is 0 Å². The highest BCUT2D eigenvalue weighted by molar-refractivity contribution is 7.84. The summed E-state index contributed by atoms with van der Waals surface area (Å²) in [7, 11) is -1.26. The van der Waals surface area contributed by atoms with Gasteiger partial charge in [-0.1, -0.05) is 74.0 Å². The van der Waals surface area contributed by atoms with Crippen molar-refractivity contribution in [2.45, 2.75) is 64.9 Å². The Balaban J connectivity index is 2.37. The predicted molar refractivity (Wildman–Crippen MR) is 117 cm³/mol. The van der Waals surface area contributed by atoms with Crippen LogP contribution in [0.1, 0.15) is 57.4 Å². The van der Waals surface area contributed by atoms with Crippen LogP contribution in [-0.2, 0) is 17.5 Å². The zero-order valence-electron chi connectivity index (χ0n) is 17.8. The number of rotatable bonds is 8. The van der Waals surface area contributed by atoms with Crippen molar-refractivity contribution in [3.63, 3.8) is 0 Å². The second kappa shape index (κ2) is 9.79. The lowest BCUT2D eigenvalue weighted by molar-refractivity contribution is -0.154. The Bertz CT molecular complexity index is 754. The van der Waals surface area contributed by atoms with Crippen molar-refractivity contribution in [3.8, 4) is 0 Å². The molecule has 0 aliphatic carbocycles. The van der Waals surface area contributed by atoms with Crippen molar-refractivity contribution in [1.82, 2.24) is 9.79 Å². The Labute approximate surface area is 172 Å². The zero-order chi connectivity index (χ0) is 20.9. The molecule has 0 radical (unpaired) electrons. The van der Waals surface area contributed by atoms with Crippen LogP contribution in [0.2, 0.25) is 0 Å². The highest BCUT2D eigenvalue weighted by Gasteiger charge is 2.34. The minimum absolute atomic E-state index is 0.143. The van der Waals surface area contributed by atoms with Gasteiger partial charge in [0.1, 0.15) is 0 Å². The van der Waals surface area contributed by atoms with Gasteiger partial charge in [0.25, 0.3) is 0 Å². The highest BCUT2D eigenvalue weighted by atomic mass is 32.2. The Kier molecular flexibility index (Phi) is 7.96. The highest BCUT2D eigenvalue weighted by Crippen LogP contribution is 2.29. The average molecular weight is 403 g/mol. The van der Waals surface area contributed by atoms with Crippen molar-refractivity contribution < 1.29 is 9.42 Å². The van der Waals surface area contributed by atoms with E-state index >= 15 is 0 Å². The van der Waals surface area contributed by atoms with Crippen molar-refractivity contribution in [3.05, 3.63) is 71.3 Å². The minimum atomic E-state index is -1.26. The van der Waals surface area contributed by atoms with Crippen LogP contribution in [0.25, 0.3) is 0 Å². The lowest BCUT2D eigenvalue weighted by Crippen LogP contribution is -2.48. The van der Waals surface area contributed by atoms with Crippen LogP contribution < -0.4 is 4.72 Å². The lowest BCUT2D eigenvalue weighted by Gasteiger charge is -2.37. The number of hydrogen-bond donors (Lipinski definition) is 2. The van der Waals surface area contributed by atoms with E-state index in [0.29, 0.717) is 6.54 Å². The summed E-state index contributed by atoms with van der Waals surface area (Å²) < 4.78 is 15.8. The van der Waals surface area contributed by atoms with Gasteiger partial charge in [-0.05, 0) is 44.7 Å². The summed E-state index contributed by atoms with van der Waals surface area (Å²) in [5.74, 6) is 0.143. The summed E-state index contributed by atoms with van der Waals surface area (Å²) in [6, 6.07) is 17.6. The number of benzene rings is 2. The van der Waals surface area contributed by atoms with Crippen molar-refractivity contribution in [2.75, 3.05) is 0 Å². The molecular weight excluding hydrogens is 368 g/mol. The topological polar surface area (TPSA) is 52.6 Å². The first-order chi connectivity index (χ1) is 13.1. The molecule has 154 valence electrons. The van der Waals surface area contributed by atoms with Gasteiger partial charge < -0.3 is 5.21 Å². The first-order valence-electron chi connectivity index (χ1n) is 9.83. The molecule has 0 saturated carbocycles. The Morgan fingerprint density at radius 3 is 2.11 bits per heavy atom. The third kappa shape index (κ3) is 6.24. The molecule has 0 unspecified atom stereocenters. The minimum Gasteiger partial charge on any atom is -0.313 e. The lowest BCUT2D eigenvalue weighted by atomic mass is 9.90. The van der Waals surface area contributed by atoms with Crippen LogP contribution in [-0.4, -0.2) is 25.3 Å². The summed E-state index contributed by atoms with van der Waals surface area (Å²) in [6.07, 6.45) is 0. The van der Waals surface area contributed by atoms with Crippen molar-refractivity contribution in [2.24, 2.45) is 5.92 Å². The first kappa shape index (κ1) is 22.8. The molecule has 2 aromatic rings. The van der Waals surface area contributed by atoms with E-state index in [1.54, 1.807) is 0 Å². The van der Waals surface area contributed by atoms with E-state index in [-0.39, 0.29) is 18.0 Å². The van der Waals surface area contributed by atoms with Gasteiger partial charge in [-0.2, -0.15) is 5.06 Å². The molecule has 0 saturated heterocycles. The molecule has 4 nitrogen and oxygen atoms in total. The molecular formula is C23H34N2O2S. The fourth-order valence-corrected chi connectivity index (χ4v) is 4.04. The van der Waals surface area contributed by atoms with Gasteiger partial charge in [0, 0.05) is 6.54 Å². The van der Waals surface area contributed by atoms with E-state index in [9.17, 15) is 9.42 Å². The van der Waals surface area contributed by atoms with Crippen LogP contribution in [0.5, 0.6) is 0 Å². The van der Waals surface area contributed by atoms with E-state index in [2.05, 4.69) is 42.8 Å². The van der Waals surface area contributed by atoms with E-state index in [1.165, 1.54) is 10.6 Å². The summed E-state index contributed by atoms with van der Waals surface area (Å²) in [5.41, 5.74) is 3.23. The van der Waals surface area contributed by atoms with Crippen molar-refractivity contribution in [1.29, 1.82) is 0 Å². The summed E-state index contributed by atoms with van der Waals surface area (Å²) in [4.78, 5) is 0. The second-order valence-electron chi connectivity index (χ2n) is 8.71. The monoisotopic (exact) mass is 402 g/mol. The van der Waals surface area contributed by atoms with Gasteiger partial charge >= 0.3 is 0 Å². The Morgan fingerprint density at radius 2 is 1.61 bits per heavy atom. The molecule has 0 aromatic heterocycles. The molecule has 2 rings (SSSR count). The third-order valence-electron chi connectivity index (χ3n) is 4.78. The molecule has 2 aromatic carbocycles. The summed E-state index contributed by atoms with van der Waals surface area (Å²) >= 11 is 0. The number of aryl methyl sites for hydroxylation is 1. The quantitative estimate of drug-likeness (QED) is 0.611. The van der Waals surface area contributed by atoms with E-state index in [0.717, 1.165) is 11.1 Å². The van der Waals surface area contributed by atoms with E-state index < -0.39 is 15.7 Å². The molecule has 0 fully saturated rings. The van der Waals surface area contributed by atoms with E-state index in [4.69, 9.17) is 0 Å². The molecule has 0 amide bonds. The zero-order valence-corrected chi connectivity index (χ0v) is 18.7. The molecule has 28 heavy (non-hydrogen) atoms. The molecule has 0 aliphatic heterocycles. The normalized spacial score (nSPS) is 15.6. The number of hydrogen-bond acceptors (Lipinski definition) is 3. The molecule has 0 spiro atoms.